The van der Waals surface area contributed by atoms with Crippen molar-refractivity contribution in [1.29, 1.82) is 0 Å². The van der Waals surface area contributed by atoms with E-state index in [9.17, 15) is 24.1 Å². The number of hydrogen-bond acceptors (Lipinski definition) is 11. The Kier molecular flexibility index (Phi) is 10.4. The van der Waals surface area contributed by atoms with E-state index in [1.54, 1.807) is 4.90 Å². The summed E-state index contributed by atoms with van der Waals surface area (Å²) in [5.74, 6) is -1.09. The average molecular weight is 571 g/mol. The van der Waals surface area contributed by atoms with Gasteiger partial charge in [0.2, 0.25) is 0 Å². The van der Waals surface area contributed by atoms with E-state index >= 15 is 0 Å². The molecule has 0 bridgehead atoms. The second-order valence-electron chi connectivity index (χ2n) is 11.0. The number of nitrogens with zero attached hydrogens (tertiary/aromatic N) is 1. The van der Waals surface area contributed by atoms with Crippen LogP contribution in [0, 0.1) is 11.8 Å². The Morgan fingerprint density at radius 2 is 1.38 bits per heavy atom. The predicted molar refractivity (Wildman–Crippen MR) is 149 cm³/mol. The Hall–Kier alpha value is -2.07. The van der Waals surface area contributed by atoms with Crippen molar-refractivity contribution in [3.8, 4) is 0 Å². The number of fused-ring (bicyclic) bond motifs is 1. The van der Waals surface area contributed by atoms with Gasteiger partial charge in [-0.15, -0.1) is 0 Å². The predicted octanol–water partition coefficient (Wildman–Crippen LogP) is 3.36. The number of carbonyl (C=O) groups is 2. The summed E-state index contributed by atoms with van der Waals surface area (Å²) in [5, 5.41) is 3.00. The molecule has 2 fully saturated rings. The van der Waals surface area contributed by atoms with Crippen LogP contribution in [0.25, 0.3) is 0 Å². The van der Waals surface area contributed by atoms with Crippen LogP contribution in [0.3, 0.4) is 0 Å². The fraction of sp³-hybridized carbons (Fsp3) is 0.778. The molecule has 2 saturated carbocycles. The van der Waals surface area contributed by atoms with E-state index in [0.29, 0.717) is 30.9 Å². The molecule has 1 aliphatic heterocycles. The van der Waals surface area contributed by atoms with Crippen molar-refractivity contribution in [2.75, 3.05) is 36.0 Å². The molecule has 11 nitrogen and oxygen atoms in total. The first-order chi connectivity index (χ1) is 18.7. The van der Waals surface area contributed by atoms with Gasteiger partial charge in [0.25, 0.3) is 0 Å². The van der Waals surface area contributed by atoms with Gasteiger partial charge in [-0.2, -0.15) is 0 Å². The SMILES string of the molecule is CC(OC(=O)C1CCCCC1)O[PH](O)(CCN1CCCNc2c1c(=O)c2=O)OC(C)OC(=O)C1CCCCC1. The molecule has 0 saturated heterocycles. The topological polar surface area (TPSA) is 141 Å². The second kappa shape index (κ2) is 13.5. The minimum atomic E-state index is -4.11. The van der Waals surface area contributed by atoms with E-state index in [4.69, 9.17) is 18.5 Å². The van der Waals surface area contributed by atoms with Crippen LogP contribution in [-0.4, -0.2) is 55.2 Å². The Balaban J connectivity index is 1.41. The first kappa shape index (κ1) is 29.9. The molecule has 39 heavy (non-hydrogen) atoms. The third kappa shape index (κ3) is 7.78. The van der Waals surface area contributed by atoms with Gasteiger partial charge in [-0.25, -0.2) is 0 Å². The molecule has 2 unspecified atom stereocenters. The van der Waals surface area contributed by atoms with Crippen LogP contribution >= 0.6 is 7.94 Å². The Bertz CT molecular complexity index is 1020. The van der Waals surface area contributed by atoms with Crippen molar-refractivity contribution < 1.29 is 33.0 Å². The van der Waals surface area contributed by atoms with Crippen LogP contribution in [0.4, 0.5) is 11.4 Å². The van der Waals surface area contributed by atoms with Crippen LogP contribution in [-0.2, 0) is 28.1 Å². The van der Waals surface area contributed by atoms with Gasteiger partial charge >= 0.3 is 230 Å². The molecule has 0 amide bonds. The number of ether oxygens (including phenoxy) is 2. The number of carbonyl (C=O) groups excluding carboxylic acids is 2. The van der Waals surface area contributed by atoms with E-state index in [-0.39, 0.29) is 36.5 Å². The van der Waals surface area contributed by atoms with Crippen molar-refractivity contribution in [1.82, 2.24) is 0 Å². The summed E-state index contributed by atoms with van der Waals surface area (Å²) >= 11 is 0. The van der Waals surface area contributed by atoms with E-state index in [0.717, 1.165) is 64.2 Å². The van der Waals surface area contributed by atoms with Gasteiger partial charge < -0.3 is 0 Å². The summed E-state index contributed by atoms with van der Waals surface area (Å²) in [5.41, 5.74) is -0.490. The fourth-order valence-electron chi connectivity index (χ4n) is 5.85. The fourth-order valence-corrected chi connectivity index (χ4v) is 7.83. The molecule has 220 valence electrons. The molecule has 0 spiro atoms. The maximum atomic E-state index is 12.7. The van der Waals surface area contributed by atoms with Crippen molar-refractivity contribution in [2.45, 2.75) is 97.1 Å². The summed E-state index contributed by atoms with van der Waals surface area (Å²) in [6, 6.07) is 0. The third-order valence-electron chi connectivity index (χ3n) is 7.95. The standard InChI is InChI=1S/C27H43N2O9P/c1-18(35-26(32)20-10-5-3-6-11-20)37-39(34,38-19(2)36-27(33)21-12-7-4-8-13-21)17-16-29-15-9-14-28-22-23(29)25(31)24(22)30/h18-21,28,34,39H,3-17H2,1-2H3. The zero-order valence-corrected chi connectivity index (χ0v) is 24.1. The summed E-state index contributed by atoms with van der Waals surface area (Å²) in [4.78, 5) is 62.9. The zero-order valence-electron chi connectivity index (χ0n) is 23.1. The van der Waals surface area contributed by atoms with Crippen molar-refractivity contribution in [2.24, 2.45) is 11.8 Å². The Labute approximate surface area is 229 Å². The summed E-state index contributed by atoms with van der Waals surface area (Å²) in [6.07, 6.45) is 7.70. The van der Waals surface area contributed by atoms with E-state index in [2.05, 4.69) is 5.32 Å². The summed E-state index contributed by atoms with van der Waals surface area (Å²) < 4.78 is 22.8. The van der Waals surface area contributed by atoms with Crippen LogP contribution in [0.5, 0.6) is 0 Å². The quantitative estimate of drug-likeness (QED) is 0.175. The van der Waals surface area contributed by atoms with Gasteiger partial charge in [-0.05, 0) is 0 Å². The molecule has 0 aromatic heterocycles. The van der Waals surface area contributed by atoms with Crippen molar-refractivity contribution in [3.63, 3.8) is 0 Å². The molecular weight excluding hydrogens is 527 g/mol. The molecule has 3 aliphatic rings. The van der Waals surface area contributed by atoms with Crippen molar-refractivity contribution >= 4 is 31.3 Å². The normalized spacial score (nSPS) is 21.4. The third-order valence-corrected chi connectivity index (χ3v) is 10.2. The summed E-state index contributed by atoms with van der Waals surface area (Å²) in [7, 11) is -4.11. The summed E-state index contributed by atoms with van der Waals surface area (Å²) in [6.45, 7) is 4.31. The second-order valence-corrected chi connectivity index (χ2v) is 13.4. The molecule has 1 heterocycles. The molecule has 4 rings (SSSR count). The van der Waals surface area contributed by atoms with Gasteiger partial charge in [0.1, 0.15) is 0 Å². The van der Waals surface area contributed by atoms with Crippen LogP contribution in [0.2, 0.25) is 0 Å². The first-order valence-corrected chi connectivity index (χ1v) is 16.4. The average Bonchev–Trinajstić information content (AvgIpc) is 3.12. The number of rotatable bonds is 11. The van der Waals surface area contributed by atoms with E-state index < -0.39 is 31.4 Å². The van der Waals surface area contributed by atoms with Gasteiger partial charge in [0, 0.05) is 0 Å². The Morgan fingerprint density at radius 1 is 0.872 bits per heavy atom. The molecule has 1 aromatic carbocycles. The monoisotopic (exact) mass is 570 g/mol. The van der Waals surface area contributed by atoms with Crippen LogP contribution in [0.15, 0.2) is 9.59 Å². The maximum absolute atomic E-state index is 12.7. The van der Waals surface area contributed by atoms with Crippen LogP contribution in [0.1, 0.15) is 84.5 Å². The van der Waals surface area contributed by atoms with E-state index in [1.165, 1.54) is 13.8 Å². The van der Waals surface area contributed by atoms with E-state index in [1.807, 2.05) is 0 Å². The van der Waals surface area contributed by atoms with Gasteiger partial charge in [-0.1, -0.05) is 0 Å². The number of nitrogens with one attached hydrogen (secondary N) is 1. The number of anilines is 2. The Morgan fingerprint density at radius 3 is 1.90 bits per heavy atom. The number of esters is 2. The van der Waals surface area contributed by atoms with Gasteiger partial charge in [0.15, 0.2) is 0 Å². The molecule has 2 N–H and O–H groups in total. The number of hydrogen-bond donors (Lipinski definition) is 2. The van der Waals surface area contributed by atoms with Gasteiger partial charge in [-0.3, -0.25) is 0 Å². The van der Waals surface area contributed by atoms with Crippen molar-refractivity contribution in [3.05, 3.63) is 20.4 Å². The zero-order chi connectivity index (χ0) is 28.0. The van der Waals surface area contributed by atoms with Crippen LogP contribution < -0.4 is 21.1 Å². The molecule has 12 heteroatoms. The molecule has 0 radical (unpaired) electrons. The molecular formula is C27H43N2O9P. The minimum absolute atomic E-state index is 0.0259. The molecule has 2 atom stereocenters. The first-order valence-electron chi connectivity index (χ1n) is 14.5. The van der Waals surface area contributed by atoms with Gasteiger partial charge in [0.05, 0.1) is 0 Å². The molecule has 2 aliphatic carbocycles. The molecule has 1 aromatic rings.